The maximum absolute atomic E-state index is 13.1. The molecule has 0 fully saturated rings. The topological polar surface area (TPSA) is 76.3 Å². The van der Waals surface area contributed by atoms with Crippen LogP contribution in [0.4, 0.5) is 13.2 Å². The zero-order chi connectivity index (χ0) is 26.6. The normalized spacial score (nSPS) is 12.0. The molecule has 0 aliphatic rings. The van der Waals surface area contributed by atoms with Crippen LogP contribution in [0.1, 0.15) is 48.0 Å². The molecule has 0 saturated carbocycles. The van der Waals surface area contributed by atoms with Crippen molar-refractivity contribution in [2.45, 2.75) is 33.1 Å². The van der Waals surface area contributed by atoms with Crippen molar-refractivity contribution in [1.82, 2.24) is 14.9 Å². The Labute approximate surface area is 215 Å². The van der Waals surface area contributed by atoms with Crippen molar-refractivity contribution in [3.8, 4) is 0 Å². The molecule has 0 aliphatic carbocycles. The van der Waals surface area contributed by atoms with E-state index in [1.807, 2.05) is 36.6 Å². The van der Waals surface area contributed by atoms with Crippen LogP contribution < -0.4 is 10.1 Å². The summed E-state index contributed by atoms with van der Waals surface area (Å²) in [5.41, 5.74) is 2.04. The summed E-state index contributed by atoms with van der Waals surface area (Å²) in [5.74, 6) is -0.989. The molecule has 0 atom stereocenters. The minimum absolute atomic E-state index is 0.141. The van der Waals surface area contributed by atoms with E-state index >= 15 is 0 Å². The standard InChI is InChI=1S/C27H23F3N4O2S/c1-17-18(2)37-26(33-25(36)22-7-4-8-23(14-22)27(28,29)30)34(17)16-20-5-3-6-21(13-20)24(35)32-15-19-9-11-31-12-10-19/h3-14H,15-16H2,1-2H3,(H,32,35). The number of carbonyl (C=O) groups excluding carboxylic acids is 2. The second kappa shape index (κ2) is 10.9. The molecule has 4 aromatic rings. The van der Waals surface area contributed by atoms with E-state index in [0.717, 1.165) is 33.8 Å². The summed E-state index contributed by atoms with van der Waals surface area (Å²) >= 11 is 1.28. The van der Waals surface area contributed by atoms with Gasteiger partial charge >= 0.3 is 6.18 Å². The maximum atomic E-state index is 13.1. The number of hydrogen-bond acceptors (Lipinski definition) is 4. The van der Waals surface area contributed by atoms with E-state index < -0.39 is 17.6 Å². The van der Waals surface area contributed by atoms with E-state index in [1.165, 1.54) is 23.5 Å². The number of halogens is 3. The van der Waals surface area contributed by atoms with Gasteiger partial charge in [0.15, 0.2) is 4.80 Å². The summed E-state index contributed by atoms with van der Waals surface area (Å²) in [6.45, 7) is 4.46. The molecule has 190 valence electrons. The lowest BCUT2D eigenvalue weighted by molar-refractivity contribution is -0.137. The monoisotopic (exact) mass is 524 g/mol. The summed E-state index contributed by atoms with van der Waals surface area (Å²) in [6.07, 6.45) is -1.24. The van der Waals surface area contributed by atoms with Gasteiger partial charge in [-0.05, 0) is 67.4 Å². The van der Waals surface area contributed by atoms with Crippen molar-refractivity contribution >= 4 is 23.2 Å². The van der Waals surface area contributed by atoms with Gasteiger partial charge in [0.25, 0.3) is 11.8 Å². The molecular formula is C27H23F3N4O2S. The summed E-state index contributed by atoms with van der Waals surface area (Å²) in [4.78, 5) is 34.8. The molecule has 0 spiro atoms. The molecule has 2 aromatic carbocycles. The minimum atomic E-state index is -4.55. The first kappa shape index (κ1) is 26.0. The van der Waals surface area contributed by atoms with Crippen LogP contribution >= 0.6 is 11.3 Å². The quantitative estimate of drug-likeness (QED) is 0.372. The maximum Gasteiger partial charge on any atom is 0.416 e. The Kier molecular flexibility index (Phi) is 7.68. The van der Waals surface area contributed by atoms with Crippen molar-refractivity contribution in [1.29, 1.82) is 0 Å². The average Bonchev–Trinajstić information content (AvgIpc) is 3.15. The third kappa shape index (κ3) is 6.39. The van der Waals surface area contributed by atoms with Crippen LogP contribution in [-0.2, 0) is 19.3 Å². The molecule has 2 amide bonds. The number of aryl methyl sites for hydroxylation is 1. The van der Waals surface area contributed by atoms with Gasteiger partial charge in [0.1, 0.15) is 0 Å². The predicted octanol–water partition coefficient (Wildman–Crippen LogP) is 5.30. The van der Waals surface area contributed by atoms with Crippen molar-refractivity contribution in [3.05, 3.63) is 116 Å². The summed E-state index contributed by atoms with van der Waals surface area (Å²) < 4.78 is 41.0. The number of thiazole rings is 1. The van der Waals surface area contributed by atoms with Crippen LogP contribution in [-0.4, -0.2) is 21.4 Å². The molecule has 2 aromatic heterocycles. The van der Waals surface area contributed by atoms with E-state index in [1.54, 1.807) is 30.6 Å². The van der Waals surface area contributed by atoms with Gasteiger partial charge in [0, 0.05) is 40.6 Å². The molecule has 0 saturated heterocycles. The second-order valence-electron chi connectivity index (χ2n) is 8.35. The number of pyridine rings is 1. The first-order valence-electron chi connectivity index (χ1n) is 11.3. The van der Waals surface area contributed by atoms with E-state index in [4.69, 9.17) is 0 Å². The SMILES string of the molecule is Cc1sc(=NC(=O)c2cccc(C(F)(F)F)c2)n(Cc2cccc(C(=O)NCc3ccncc3)c2)c1C. The summed E-state index contributed by atoms with van der Waals surface area (Å²) in [5, 5.41) is 2.88. The number of nitrogens with zero attached hydrogens (tertiary/aromatic N) is 3. The third-order valence-electron chi connectivity index (χ3n) is 5.76. The van der Waals surface area contributed by atoms with E-state index in [-0.39, 0.29) is 11.5 Å². The van der Waals surface area contributed by atoms with Crippen LogP contribution in [0.25, 0.3) is 0 Å². The van der Waals surface area contributed by atoms with E-state index in [0.29, 0.717) is 23.5 Å². The van der Waals surface area contributed by atoms with Crippen LogP contribution in [0.15, 0.2) is 78.0 Å². The smallest absolute Gasteiger partial charge is 0.348 e. The lowest BCUT2D eigenvalue weighted by Gasteiger charge is -2.10. The minimum Gasteiger partial charge on any atom is -0.348 e. The number of rotatable bonds is 6. The van der Waals surface area contributed by atoms with Crippen LogP contribution in [0.5, 0.6) is 0 Å². The number of hydrogen-bond donors (Lipinski definition) is 1. The molecule has 10 heteroatoms. The van der Waals surface area contributed by atoms with Crippen molar-refractivity contribution in [2.24, 2.45) is 4.99 Å². The zero-order valence-electron chi connectivity index (χ0n) is 20.0. The molecule has 1 N–H and O–H groups in total. The second-order valence-corrected chi connectivity index (χ2v) is 9.53. The summed E-state index contributed by atoms with van der Waals surface area (Å²) in [7, 11) is 0. The predicted molar refractivity (Wildman–Crippen MR) is 134 cm³/mol. The summed E-state index contributed by atoms with van der Waals surface area (Å²) in [6, 6.07) is 15.0. The Morgan fingerprint density at radius 2 is 1.68 bits per heavy atom. The van der Waals surface area contributed by atoms with Crippen LogP contribution in [0, 0.1) is 13.8 Å². The lowest BCUT2D eigenvalue weighted by Crippen LogP contribution is -2.23. The molecule has 6 nitrogen and oxygen atoms in total. The number of carbonyl (C=O) groups is 2. The highest BCUT2D eigenvalue weighted by atomic mass is 32.1. The highest BCUT2D eigenvalue weighted by Gasteiger charge is 2.30. The van der Waals surface area contributed by atoms with Gasteiger partial charge in [-0.1, -0.05) is 18.2 Å². The average molecular weight is 525 g/mol. The van der Waals surface area contributed by atoms with Crippen LogP contribution in [0.3, 0.4) is 0 Å². The van der Waals surface area contributed by atoms with Gasteiger partial charge in [-0.3, -0.25) is 14.6 Å². The first-order chi connectivity index (χ1) is 17.6. The molecule has 37 heavy (non-hydrogen) atoms. The van der Waals surface area contributed by atoms with Crippen molar-refractivity contribution < 1.29 is 22.8 Å². The Morgan fingerprint density at radius 1 is 0.973 bits per heavy atom. The Morgan fingerprint density at radius 3 is 2.41 bits per heavy atom. The number of benzene rings is 2. The van der Waals surface area contributed by atoms with Gasteiger partial charge < -0.3 is 9.88 Å². The van der Waals surface area contributed by atoms with Gasteiger partial charge in [-0.2, -0.15) is 18.2 Å². The van der Waals surface area contributed by atoms with E-state index in [9.17, 15) is 22.8 Å². The Bertz CT molecular complexity index is 1510. The Balaban J connectivity index is 1.57. The molecule has 4 rings (SSSR count). The van der Waals surface area contributed by atoms with Crippen molar-refractivity contribution in [3.63, 3.8) is 0 Å². The first-order valence-corrected chi connectivity index (χ1v) is 12.1. The lowest BCUT2D eigenvalue weighted by atomic mass is 10.1. The number of amides is 2. The molecule has 0 unspecified atom stereocenters. The molecule has 0 bridgehead atoms. The fourth-order valence-corrected chi connectivity index (χ4v) is 4.60. The van der Waals surface area contributed by atoms with Gasteiger partial charge in [0.2, 0.25) is 0 Å². The number of alkyl halides is 3. The van der Waals surface area contributed by atoms with E-state index in [2.05, 4.69) is 15.3 Å². The molecule has 0 radical (unpaired) electrons. The highest BCUT2D eigenvalue weighted by Crippen LogP contribution is 2.29. The highest BCUT2D eigenvalue weighted by molar-refractivity contribution is 7.09. The fraction of sp³-hybridized carbons (Fsp3) is 0.185. The van der Waals surface area contributed by atoms with Crippen molar-refractivity contribution in [2.75, 3.05) is 0 Å². The largest absolute Gasteiger partial charge is 0.416 e. The fourth-order valence-electron chi connectivity index (χ4n) is 3.63. The molecular weight excluding hydrogens is 501 g/mol. The molecule has 2 heterocycles. The zero-order valence-corrected chi connectivity index (χ0v) is 20.9. The molecule has 0 aliphatic heterocycles. The van der Waals surface area contributed by atoms with Gasteiger partial charge in [0.05, 0.1) is 12.1 Å². The van der Waals surface area contributed by atoms with Gasteiger partial charge in [-0.15, -0.1) is 11.3 Å². The van der Waals surface area contributed by atoms with Gasteiger partial charge in [-0.25, -0.2) is 0 Å². The van der Waals surface area contributed by atoms with Crippen LogP contribution in [0.2, 0.25) is 0 Å². The Hall–Kier alpha value is -4.05. The number of aromatic nitrogens is 2. The third-order valence-corrected chi connectivity index (χ3v) is 6.85. The number of nitrogens with one attached hydrogen (secondary N) is 1.